The lowest BCUT2D eigenvalue weighted by Gasteiger charge is -2.31. The number of nitrogens with two attached hydrogens (primary N) is 5. The van der Waals surface area contributed by atoms with Gasteiger partial charge in [-0.2, -0.15) is 0 Å². The van der Waals surface area contributed by atoms with Crippen molar-refractivity contribution in [1.29, 1.82) is 0 Å². The smallest absolute Gasteiger partial charge is 0.245 e. The maximum Gasteiger partial charge on any atom is 0.245 e. The molecule has 1 saturated heterocycles. The number of guanidine groups is 2. The first kappa shape index (κ1) is 79.2. The van der Waals surface area contributed by atoms with E-state index in [1.807, 2.05) is 42.5 Å². The second kappa shape index (κ2) is 39.7. The summed E-state index contributed by atoms with van der Waals surface area (Å²) in [6.07, 6.45) is 6.01. The highest BCUT2D eigenvalue weighted by Gasteiger charge is 2.40. The van der Waals surface area contributed by atoms with Crippen molar-refractivity contribution in [2.75, 3.05) is 26.2 Å². The van der Waals surface area contributed by atoms with Gasteiger partial charge in [0.1, 0.15) is 60.4 Å². The molecule has 0 saturated carbocycles. The molecule has 101 heavy (non-hydrogen) atoms. The molecule has 11 amide bonds. The molecule has 3 heterocycles. The molecule has 20 N–H and O–H groups in total. The molecule has 1 aliphatic heterocycles. The molecule has 3 aromatic carbocycles. The monoisotopic (exact) mass is 1410 g/mol. The first-order valence-electron chi connectivity index (χ1n) is 33.2. The van der Waals surface area contributed by atoms with Crippen molar-refractivity contribution < 1.29 is 57.8 Å². The zero-order valence-electron chi connectivity index (χ0n) is 56.9. The van der Waals surface area contributed by atoms with E-state index in [-0.39, 0.29) is 102 Å². The highest BCUT2D eigenvalue weighted by molar-refractivity contribution is 6.30. The molecule has 2 aromatic heterocycles. The lowest BCUT2D eigenvalue weighted by molar-refractivity contribution is -0.142. The van der Waals surface area contributed by atoms with Gasteiger partial charge in [-0.15, -0.1) is 0 Å². The number of nitrogens with zero attached hydrogens (tertiary/aromatic N) is 5. The van der Waals surface area contributed by atoms with Crippen LogP contribution in [0.5, 0.6) is 0 Å². The molecule has 0 bridgehead atoms. The zero-order chi connectivity index (χ0) is 73.7. The number of nitrogens with one attached hydrogen (secondary N) is 9. The quantitative estimate of drug-likeness (QED) is 0.0122. The van der Waals surface area contributed by atoms with Crippen LogP contribution in [0.3, 0.4) is 0 Å². The molecule has 1 aliphatic rings. The van der Waals surface area contributed by atoms with Crippen molar-refractivity contribution in [2.45, 2.75) is 159 Å². The number of hydrogen-bond acceptors (Lipinski definition) is 16. The summed E-state index contributed by atoms with van der Waals surface area (Å²) in [5, 5.41) is 37.1. The van der Waals surface area contributed by atoms with E-state index in [0.29, 0.717) is 33.7 Å². The number of fused-ring (bicyclic) bond motifs is 1. The number of aliphatic hydroxyl groups is 1. The topological polar surface area (TPSA) is 500 Å². The number of rotatable bonds is 38. The van der Waals surface area contributed by atoms with Gasteiger partial charge in [-0.25, -0.2) is 0 Å². The van der Waals surface area contributed by atoms with Gasteiger partial charge in [0.15, 0.2) is 11.9 Å². The number of carbonyl (C=O) groups excluding carboxylic acids is 11. The Balaban J connectivity index is 1.25. The van der Waals surface area contributed by atoms with Crippen LogP contribution in [-0.4, -0.2) is 184 Å². The fraction of sp³-hybridized carbons (Fsp3) is 0.435. The number of aromatic nitrogens is 2. The third kappa shape index (κ3) is 26.1. The van der Waals surface area contributed by atoms with Gasteiger partial charge in [0.05, 0.1) is 6.61 Å². The third-order valence-corrected chi connectivity index (χ3v) is 16.7. The van der Waals surface area contributed by atoms with Gasteiger partial charge in [0.25, 0.3) is 0 Å². The van der Waals surface area contributed by atoms with E-state index in [9.17, 15) is 57.8 Å². The van der Waals surface area contributed by atoms with Gasteiger partial charge >= 0.3 is 0 Å². The van der Waals surface area contributed by atoms with Crippen LogP contribution < -0.4 is 76.5 Å². The number of benzene rings is 3. The van der Waals surface area contributed by atoms with Crippen LogP contribution in [-0.2, 0) is 78.4 Å². The third-order valence-electron chi connectivity index (χ3n) is 16.4. The van der Waals surface area contributed by atoms with Crippen molar-refractivity contribution in [3.05, 3.63) is 143 Å². The minimum atomic E-state index is -1.81. The van der Waals surface area contributed by atoms with Crippen LogP contribution in [0.4, 0.5) is 0 Å². The molecule has 0 aliphatic carbocycles. The zero-order valence-corrected chi connectivity index (χ0v) is 57.6. The summed E-state index contributed by atoms with van der Waals surface area (Å²) in [5.74, 6) is -9.60. The van der Waals surface area contributed by atoms with E-state index in [0.717, 1.165) is 10.8 Å². The van der Waals surface area contributed by atoms with E-state index < -0.39 is 132 Å². The van der Waals surface area contributed by atoms with Crippen LogP contribution in [0.25, 0.3) is 10.8 Å². The number of likely N-dealkylation sites (tertiary alicyclic amines) is 1. The Labute approximate surface area is 589 Å². The van der Waals surface area contributed by atoms with E-state index in [1.54, 1.807) is 62.4 Å². The normalized spacial score (nSPS) is 15.2. The Morgan fingerprint density at radius 2 is 0.970 bits per heavy atom. The minimum absolute atomic E-state index is 0.0124. The molecule has 542 valence electrons. The number of halogens is 1. The second-order valence-corrected chi connectivity index (χ2v) is 25.5. The second-order valence-electron chi connectivity index (χ2n) is 25.1. The number of aliphatic hydroxyl groups excluding tert-OH is 1. The molecule has 0 unspecified atom stereocenters. The summed E-state index contributed by atoms with van der Waals surface area (Å²) >= 11 is 6.23. The first-order chi connectivity index (χ1) is 48.2. The summed E-state index contributed by atoms with van der Waals surface area (Å²) in [6, 6.07) is 12.5. The number of aliphatic imine (C=N–C) groups is 2. The van der Waals surface area contributed by atoms with Crippen molar-refractivity contribution in [3.63, 3.8) is 0 Å². The summed E-state index contributed by atoms with van der Waals surface area (Å²) in [5.41, 5.74) is 29.9. The highest BCUT2D eigenvalue weighted by Crippen LogP contribution is 2.22. The maximum absolute atomic E-state index is 14.8. The van der Waals surface area contributed by atoms with E-state index in [1.165, 1.54) is 43.5 Å². The molecule has 1 fully saturated rings. The Hall–Kier alpha value is -10.8. The van der Waals surface area contributed by atoms with Gasteiger partial charge in [0.2, 0.25) is 65.0 Å². The van der Waals surface area contributed by atoms with Gasteiger partial charge in [-0.3, -0.25) is 72.7 Å². The molecular formula is C69H92ClN19O12. The highest BCUT2D eigenvalue weighted by atomic mass is 35.5. The van der Waals surface area contributed by atoms with Crippen molar-refractivity contribution >= 4 is 99.3 Å². The van der Waals surface area contributed by atoms with Gasteiger partial charge in [0, 0.05) is 82.1 Å². The van der Waals surface area contributed by atoms with Crippen molar-refractivity contribution in [1.82, 2.24) is 62.7 Å². The van der Waals surface area contributed by atoms with Crippen molar-refractivity contribution in [3.8, 4) is 0 Å². The Morgan fingerprint density at radius 3 is 1.48 bits per heavy atom. The number of amides is 11. The number of primary amides is 1. The fourth-order valence-corrected chi connectivity index (χ4v) is 11.4. The van der Waals surface area contributed by atoms with Crippen LogP contribution in [0.1, 0.15) is 94.9 Å². The molecule has 31 nitrogen and oxygen atoms in total. The van der Waals surface area contributed by atoms with Crippen LogP contribution in [0, 0.1) is 5.92 Å². The van der Waals surface area contributed by atoms with Crippen LogP contribution >= 0.6 is 11.6 Å². The SMILES string of the molecule is CC(=O)N[C@H](Cc1ccc2ccccc2c1)C(=O)N[C@@H](Cc1ccc(Cl)cc1)C(=O)N[C@H](Cc1cccnc1)C(=O)N[C@@H](CO)C(=O)N[C@@H](CCCN=C(N)N)C(=O)N[C@@H](Cc1cccnc1)C(=O)N[C@@H](CC(C)C)C(=O)N[C@@H](CCCN=C(N)N)C(=O)N1CCC[C@@H]1C(=O)N[C@@H](C)C(N)=O. The van der Waals surface area contributed by atoms with Crippen LogP contribution in [0.2, 0.25) is 5.02 Å². The first-order valence-corrected chi connectivity index (χ1v) is 33.6. The lowest BCUT2D eigenvalue weighted by atomic mass is 9.99. The van der Waals surface area contributed by atoms with Crippen LogP contribution in [0.15, 0.2) is 126 Å². The summed E-state index contributed by atoms with van der Waals surface area (Å²) < 4.78 is 0. The summed E-state index contributed by atoms with van der Waals surface area (Å²) in [4.78, 5) is 173. The standard InChI is InChI=1S/C69H92ClN19O12/c1-39(2)30-51(60(94)83-50(17-10-28-79-69(74)75)67(101)89-29-11-18-57(89)66(100)80-40(3)58(71)92)84-63(97)54(34-44-12-7-25-76-36-44)85-59(93)49(16-9-27-78-68(72)73)82-65(99)56(38-90)88-64(98)55(35-45-13-8-26-77-37-45)87-62(96)53(32-42-20-23-48(70)24-21-42)86-61(95)52(81-41(4)91)33-43-19-22-46-14-5-6-15-47(46)31-43/h5-8,12-15,19-26,31,36-37,39-40,49-57,90H,9-11,16-18,27-30,32-35,38H2,1-4H3,(H2,71,92)(H,80,100)(H,81,91)(H,82,99)(H,83,94)(H,84,97)(H,85,93)(H,86,95)(H,87,96)(H,88,98)(H4,72,73,78)(H4,74,75,79)/t40-,49-,50-,51-,52+,53-,54-,55+,56-,57+/m0/s1. The molecule has 10 atom stereocenters. The Bertz CT molecular complexity index is 3730. The minimum Gasteiger partial charge on any atom is -0.394 e. The molecule has 6 rings (SSSR count). The predicted molar refractivity (Wildman–Crippen MR) is 378 cm³/mol. The van der Waals surface area contributed by atoms with Gasteiger partial charge in [-0.1, -0.05) is 92.2 Å². The van der Waals surface area contributed by atoms with Crippen molar-refractivity contribution in [2.24, 2.45) is 44.6 Å². The number of carbonyl (C=O) groups is 11. The number of hydrogen-bond donors (Lipinski definition) is 15. The average molecular weight is 1420 g/mol. The summed E-state index contributed by atoms with van der Waals surface area (Å²) in [6.45, 7) is 5.35. The average Bonchev–Trinajstić information content (AvgIpc) is 1.81. The fourth-order valence-electron chi connectivity index (χ4n) is 11.3. The van der Waals surface area contributed by atoms with Gasteiger partial charge < -0.3 is 86.5 Å². The molecule has 32 heteroatoms. The van der Waals surface area contributed by atoms with E-state index in [4.69, 9.17) is 40.3 Å². The predicted octanol–water partition coefficient (Wildman–Crippen LogP) is -1.42. The molecule has 0 radical (unpaired) electrons. The van der Waals surface area contributed by atoms with Gasteiger partial charge in [-0.05, 0) is 115 Å². The number of pyridine rings is 2. The Kier molecular flexibility index (Phi) is 31.1. The van der Waals surface area contributed by atoms with E-state index in [2.05, 4.69) is 67.8 Å². The van der Waals surface area contributed by atoms with E-state index >= 15 is 0 Å². The maximum atomic E-state index is 14.8. The summed E-state index contributed by atoms with van der Waals surface area (Å²) in [7, 11) is 0. The Morgan fingerprint density at radius 1 is 0.525 bits per heavy atom. The molecule has 5 aromatic rings. The molecular weight excluding hydrogens is 1320 g/mol. The molecule has 0 spiro atoms. The lowest BCUT2D eigenvalue weighted by Crippen LogP contribution is -2.61. The largest absolute Gasteiger partial charge is 0.394 e.